The predicted molar refractivity (Wildman–Crippen MR) is 101 cm³/mol. The van der Waals surface area contributed by atoms with E-state index >= 15 is 0 Å². The van der Waals surface area contributed by atoms with Gasteiger partial charge in [-0.05, 0) is 46.3 Å². The van der Waals surface area contributed by atoms with Crippen molar-refractivity contribution < 1.29 is 9.12 Å². The van der Waals surface area contributed by atoms with Gasteiger partial charge in [0.05, 0.1) is 6.26 Å². The summed E-state index contributed by atoms with van der Waals surface area (Å²) in [6.45, 7) is 0. The smallest absolute Gasteiger partial charge is 0.300 e. The highest BCUT2D eigenvalue weighted by atomic mass is 16.3. The molecule has 0 saturated heterocycles. The molecule has 6 heteroatoms. The highest BCUT2D eigenvalue weighted by molar-refractivity contribution is 6.31. The van der Waals surface area contributed by atoms with E-state index in [-0.39, 0.29) is 4.70 Å². The van der Waals surface area contributed by atoms with Crippen LogP contribution < -0.4 is 5.84 Å². The number of quaternary nitrogens is 1. The fourth-order valence-corrected chi connectivity index (χ4v) is 2.74. The molecule has 2 N–H and O–H groups in total. The SMILES string of the molecule is N[N+]12C=C(C#CCCCc3ccccc3)N=CC1=NC(c1ccco1)=N2. The van der Waals surface area contributed by atoms with Crippen LogP contribution in [0.2, 0.25) is 0 Å². The van der Waals surface area contributed by atoms with Crippen LogP contribution >= 0.6 is 0 Å². The third kappa shape index (κ3) is 3.40. The number of amidine groups is 2. The molecule has 0 fully saturated rings. The Kier molecular flexibility index (Phi) is 4.32. The minimum atomic E-state index is -0.284. The summed E-state index contributed by atoms with van der Waals surface area (Å²) in [5, 5.41) is 4.42. The summed E-state index contributed by atoms with van der Waals surface area (Å²) in [4.78, 5) is 8.70. The second-order valence-electron chi connectivity index (χ2n) is 6.02. The number of fused-ring (bicyclic) bond motifs is 1. The maximum absolute atomic E-state index is 6.30. The van der Waals surface area contributed by atoms with Crippen molar-refractivity contribution in [1.29, 1.82) is 0 Å². The molecular formula is C20H18N5O+. The maximum Gasteiger partial charge on any atom is 0.300 e. The van der Waals surface area contributed by atoms with E-state index in [1.807, 2.05) is 6.07 Å². The lowest BCUT2D eigenvalue weighted by molar-refractivity contribution is -0.803. The van der Waals surface area contributed by atoms with Crippen LogP contribution in [0.15, 0.2) is 80.1 Å². The highest BCUT2D eigenvalue weighted by Gasteiger charge is 2.39. The first-order valence-corrected chi connectivity index (χ1v) is 8.43. The van der Waals surface area contributed by atoms with Gasteiger partial charge in [0.1, 0.15) is 6.21 Å². The van der Waals surface area contributed by atoms with Crippen LogP contribution in [-0.2, 0) is 6.42 Å². The first-order valence-electron chi connectivity index (χ1n) is 8.43. The van der Waals surface area contributed by atoms with Gasteiger partial charge >= 0.3 is 0 Å². The van der Waals surface area contributed by atoms with Gasteiger partial charge < -0.3 is 4.42 Å². The predicted octanol–water partition coefficient (Wildman–Crippen LogP) is 3.00. The van der Waals surface area contributed by atoms with E-state index in [1.165, 1.54) is 5.56 Å². The minimum Gasteiger partial charge on any atom is -0.461 e. The number of hydrogen-bond acceptors (Lipinski definition) is 5. The molecule has 0 radical (unpaired) electrons. The number of unbranched alkanes of at least 4 members (excludes halogenated alkanes) is 1. The molecule has 1 unspecified atom stereocenters. The van der Waals surface area contributed by atoms with Crippen LogP contribution in [0.5, 0.6) is 0 Å². The molecule has 128 valence electrons. The van der Waals surface area contributed by atoms with Crippen molar-refractivity contribution in [3.8, 4) is 11.8 Å². The van der Waals surface area contributed by atoms with Gasteiger partial charge in [-0.1, -0.05) is 36.3 Å². The standard InChI is InChI=1S/C20H18N5O/c21-25-15-17(11-6-2-5-10-16-8-3-1-4-9-16)22-14-19(25)23-20(24-25)18-12-7-13-26-18/h1,3-4,7-9,12-15H,2,5,10,21H2/q+1. The Bertz CT molecular complexity index is 974. The van der Waals surface area contributed by atoms with Crippen molar-refractivity contribution in [1.82, 2.24) is 0 Å². The first kappa shape index (κ1) is 16.2. The lowest BCUT2D eigenvalue weighted by atomic mass is 10.1. The second-order valence-corrected chi connectivity index (χ2v) is 6.02. The molecule has 1 atom stereocenters. The second kappa shape index (κ2) is 6.92. The number of benzene rings is 1. The fourth-order valence-electron chi connectivity index (χ4n) is 2.74. The Morgan fingerprint density at radius 1 is 1.12 bits per heavy atom. The Morgan fingerprint density at radius 3 is 2.81 bits per heavy atom. The zero-order valence-electron chi connectivity index (χ0n) is 14.2. The van der Waals surface area contributed by atoms with E-state index in [9.17, 15) is 0 Å². The van der Waals surface area contributed by atoms with Gasteiger partial charge in [-0.25, -0.2) is 4.99 Å². The molecule has 26 heavy (non-hydrogen) atoms. The van der Waals surface area contributed by atoms with Crippen LogP contribution in [0.1, 0.15) is 24.2 Å². The van der Waals surface area contributed by atoms with Gasteiger partial charge in [0.25, 0.3) is 11.7 Å². The molecule has 0 spiro atoms. The normalized spacial score (nSPS) is 20.6. The number of aliphatic imine (C=N–C) groups is 2. The summed E-state index contributed by atoms with van der Waals surface area (Å²) < 4.78 is 5.04. The summed E-state index contributed by atoms with van der Waals surface area (Å²) in [5.41, 5.74) is 1.92. The van der Waals surface area contributed by atoms with Crippen LogP contribution in [-0.4, -0.2) is 22.6 Å². The van der Waals surface area contributed by atoms with Crippen molar-refractivity contribution in [2.75, 3.05) is 0 Å². The largest absolute Gasteiger partial charge is 0.461 e. The molecule has 0 bridgehead atoms. The van der Waals surface area contributed by atoms with Crippen molar-refractivity contribution in [2.45, 2.75) is 19.3 Å². The fraction of sp³-hybridized carbons (Fsp3) is 0.150. The van der Waals surface area contributed by atoms with Crippen LogP contribution in [0, 0.1) is 11.8 Å². The zero-order valence-corrected chi connectivity index (χ0v) is 14.2. The van der Waals surface area contributed by atoms with Crippen LogP contribution in [0.3, 0.4) is 0 Å². The highest BCUT2D eigenvalue weighted by Crippen LogP contribution is 2.21. The quantitative estimate of drug-likeness (QED) is 0.401. The third-order valence-electron chi connectivity index (χ3n) is 4.05. The number of aryl methyl sites for hydroxylation is 1. The summed E-state index contributed by atoms with van der Waals surface area (Å²) >= 11 is 0. The summed E-state index contributed by atoms with van der Waals surface area (Å²) in [5.74, 6) is 14.1. The lowest BCUT2D eigenvalue weighted by Gasteiger charge is -2.17. The van der Waals surface area contributed by atoms with Gasteiger partial charge in [-0.15, -0.1) is 5.84 Å². The Balaban J connectivity index is 1.41. The van der Waals surface area contributed by atoms with E-state index in [1.54, 1.807) is 30.8 Å². The summed E-state index contributed by atoms with van der Waals surface area (Å²) in [6, 6.07) is 14.0. The summed E-state index contributed by atoms with van der Waals surface area (Å²) in [7, 11) is 0. The average molecular weight is 344 g/mol. The molecule has 2 aliphatic rings. The summed E-state index contributed by atoms with van der Waals surface area (Å²) in [6.07, 6.45) is 7.69. The van der Waals surface area contributed by atoms with Crippen LogP contribution in [0.4, 0.5) is 0 Å². The van der Waals surface area contributed by atoms with Gasteiger partial charge in [0.2, 0.25) is 0 Å². The molecule has 6 nitrogen and oxygen atoms in total. The lowest BCUT2D eigenvalue weighted by Crippen LogP contribution is -2.50. The topological polar surface area (TPSA) is 76.2 Å². The number of hydrogen-bond donors (Lipinski definition) is 1. The number of nitrogens with two attached hydrogens (primary N) is 1. The monoisotopic (exact) mass is 344 g/mol. The third-order valence-corrected chi connectivity index (χ3v) is 4.05. The first-order chi connectivity index (χ1) is 12.7. The van der Waals surface area contributed by atoms with Gasteiger partial charge in [-0.2, -0.15) is 4.99 Å². The Morgan fingerprint density at radius 2 is 2.00 bits per heavy atom. The molecule has 1 aromatic carbocycles. The molecule has 0 amide bonds. The maximum atomic E-state index is 6.30. The number of allylic oxidation sites excluding steroid dienone is 1. The molecule has 2 aliphatic heterocycles. The van der Waals surface area contributed by atoms with E-state index in [0.29, 0.717) is 23.1 Å². The van der Waals surface area contributed by atoms with E-state index < -0.39 is 0 Å². The molecule has 2 aromatic rings. The Labute approximate surface area is 151 Å². The Hall–Kier alpha value is -3.27. The van der Waals surface area contributed by atoms with E-state index in [4.69, 9.17) is 10.3 Å². The number of rotatable bonds is 4. The van der Waals surface area contributed by atoms with E-state index in [2.05, 4.69) is 51.2 Å². The molecular weight excluding hydrogens is 326 g/mol. The molecule has 3 heterocycles. The molecule has 1 aromatic heterocycles. The van der Waals surface area contributed by atoms with Crippen molar-refractivity contribution in [3.63, 3.8) is 0 Å². The average Bonchev–Trinajstić information content (AvgIpc) is 3.29. The van der Waals surface area contributed by atoms with Gasteiger partial charge in [0, 0.05) is 6.42 Å². The van der Waals surface area contributed by atoms with Crippen LogP contribution in [0.25, 0.3) is 0 Å². The van der Waals surface area contributed by atoms with Gasteiger partial charge in [-0.3, -0.25) is 0 Å². The number of furan rings is 1. The molecule has 4 rings (SSSR count). The van der Waals surface area contributed by atoms with Crippen molar-refractivity contribution in [2.24, 2.45) is 20.9 Å². The van der Waals surface area contributed by atoms with Crippen molar-refractivity contribution in [3.05, 3.63) is 71.9 Å². The van der Waals surface area contributed by atoms with Crippen molar-refractivity contribution >= 4 is 17.9 Å². The minimum absolute atomic E-state index is 0.284. The zero-order chi connectivity index (χ0) is 17.8. The molecule has 0 saturated carbocycles. The van der Waals surface area contributed by atoms with Gasteiger partial charge in [0.15, 0.2) is 17.7 Å². The number of nitrogens with zero attached hydrogens (tertiary/aromatic N) is 4. The van der Waals surface area contributed by atoms with E-state index in [0.717, 1.165) is 19.3 Å². The molecule has 0 aliphatic carbocycles.